The number of nitrogens with zero attached hydrogens (tertiary/aromatic N) is 3. The Labute approximate surface area is 111 Å². The van der Waals surface area contributed by atoms with Gasteiger partial charge in [0.1, 0.15) is 5.56 Å². The van der Waals surface area contributed by atoms with Crippen LogP contribution in [0.25, 0.3) is 5.65 Å². The number of benzene rings is 1. The first-order chi connectivity index (χ1) is 9.56. The van der Waals surface area contributed by atoms with Crippen molar-refractivity contribution >= 4 is 11.6 Å². The second-order valence-electron chi connectivity index (χ2n) is 4.31. The van der Waals surface area contributed by atoms with Crippen molar-refractivity contribution < 1.29 is 18.7 Å². The summed E-state index contributed by atoms with van der Waals surface area (Å²) in [4.78, 5) is 11.1. The van der Waals surface area contributed by atoms with E-state index in [0.29, 0.717) is 11.2 Å². The second-order valence-corrected chi connectivity index (χ2v) is 4.31. The molecule has 5 nitrogen and oxygen atoms in total. The number of aromatic carboxylic acids is 1. The lowest BCUT2D eigenvalue weighted by atomic mass is 10.2. The van der Waals surface area contributed by atoms with Crippen molar-refractivity contribution in [3.8, 4) is 0 Å². The molecule has 2 aromatic heterocycles. The van der Waals surface area contributed by atoms with Crippen molar-refractivity contribution in [1.82, 2.24) is 14.2 Å². The van der Waals surface area contributed by atoms with Gasteiger partial charge in [-0.3, -0.25) is 0 Å². The first-order valence-electron chi connectivity index (χ1n) is 5.76. The number of halogens is 2. The van der Waals surface area contributed by atoms with Crippen LogP contribution in [0.2, 0.25) is 0 Å². The molecule has 0 atom stereocenters. The number of hydrogen-bond donors (Lipinski definition) is 1. The fourth-order valence-electron chi connectivity index (χ4n) is 2.08. The van der Waals surface area contributed by atoms with E-state index >= 15 is 0 Å². The van der Waals surface area contributed by atoms with E-state index in [9.17, 15) is 13.6 Å². The summed E-state index contributed by atoms with van der Waals surface area (Å²) in [6.07, 6.45) is 4.48. The third-order valence-corrected chi connectivity index (χ3v) is 3.00. The molecule has 3 rings (SSSR count). The fourth-order valence-corrected chi connectivity index (χ4v) is 2.08. The molecule has 0 spiro atoms. The van der Waals surface area contributed by atoms with E-state index in [1.54, 1.807) is 17.0 Å². The summed E-state index contributed by atoms with van der Waals surface area (Å²) in [6.45, 7) is 0.222. The van der Waals surface area contributed by atoms with Crippen LogP contribution in [0.4, 0.5) is 8.78 Å². The molecular formula is C13H9F2N3O2. The van der Waals surface area contributed by atoms with Crippen LogP contribution in [0.3, 0.4) is 0 Å². The number of carbonyl (C=O) groups is 1. The molecule has 2 heterocycles. The van der Waals surface area contributed by atoms with Gasteiger partial charge in [0.15, 0.2) is 17.3 Å². The van der Waals surface area contributed by atoms with E-state index in [0.717, 1.165) is 12.1 Å². The quantitative estimate of drug-likeness (QED) is 0.798. The van der Waals surface area contributed by atoms with Gasteiger partial charge in [-0.15, -0.1) is 0 Å². The SMILES string of the molecule is O=C(O)c1cnn2ccn(Cc3ccc(F)c(F)c3)c12. The molecule has 0 amide bonds. The Morgan fingerprint density at radius 3 is 2.75 bits per heavy atom. The Morgan fingerprint density at radius 2 is 2.05 bits per heavy atom. The van der Waals surface area contributed by atoms with Gasteiger partial charge in [-0.2, -0.15) is 5.10 Å². The highest BCUT2D eigenvalue weighted by Gasteiger charge is 2.15. The molecule has 0 unspecified atom stereocenters. The Morgan fingerprint density at radius 1 is 1.25 bits per heavy atom. The molecule has 0 aliphatic carbocycles. The fraction of sp³-hybridized carbons (Fsp3) is 0.0769. The molecule has 0 aliphatic rings. The molecule has 0 aliphatic heterocycles. The topological polar surface area (TPSA) is 59.5 Å². The third-order valence-electron chi connectivity index (χ3n) is 3.00. The van der Waals surface area contributed by atoms with E-state index in [4.69, 9.17) is 5.11 Å². The van der Waals surface area contributed by atoms with Crippen molar-refractivity contribution in [3.05, 3.63) is 59.6 Å². The lowest BCUT2D eigenvalue weighted by Crippen LogP contribution is -2.04. The molecule has 0 saturated heterocycles. The van der Waals surface area contributed by atoms with E-state index in [1.165, 1.54) is 16.8 Å². The van der Waals surface area contributed by atoms with Gasteiger partial charge in [-0.05, 0) is 17.7 Å². The van der Waals surface area contributed by atoms with Gasteiger partial charge in [0.25, 0.3) is 0 Å². The number of aromatic nitrogens is 3. The molecule has 0 fully saturated rings. The largest absolute Gasteiger partial charge is 0.477 e. The summed E-state index contributed by atoms with van der Waals surface area (Å²) in [6, 6.07) is 3.58. The van der Waals surface area contributed by atoms with Gasteiger partial charge in [-0.25, -0.2) is 18.1 Å². The monoisotopic (exact) mass is 277 g/mol. The summed E-state index contributed by atoms with van der Waals surface area (Å²) in [5.74, 6) is -2.94. The highest BCUT2D eigenvalue weighted by molar-refractivity contribution is 5.94. The van der Waals surface area contributed by atoms with E-state index in [2.05, 4.69) is 5.10 Å². The van der Waals surface area contributed by atoms with Gasteiger partial charge < -0.3 is 9.67 Å². The van der Waals surface area contributed by atoms with Crippen LogP contribution in [-0.4, -0.2) is 25.3 Å². The normalized spacial score (nSPS) is 11.1. The predicted octanol–water partition coefficient (Wildman–Crippen LogP) is 2.16. The van der Waals surface area contributed by atoms with E-state index < -0.39 is 17.6 Å². The maximum Gasteiger partial charge on any atom is 0.341 e. The average Bonchev–Trinajstić information content (AvgIpc) is 2.97. The minimum Gasteiger partial charge on any atom is -0.477 e. The smallest absolute Gasteiger partial charge is 0.341 e. The van der Waals surface area contributed by atoms with Crippen molar-refractivity contribution in [2.75, 3.05) is 0 Å². The first-order valence-corrected chi connectivity index (χ1v) is 5.76. The van der Waals surface area contributed by atoms with Gasteiger partial charge in [0, 0.05) is 18.9 Å². The summed E-state index contributed by atoms with van der Waals surface area (Å²) in [5.41, 5.74) is 0.972. The zero-order chi connectivity index (χ0) is 14.3. The van der Waals surface area contributed by atoms with Gasteiger partial charge >= 0.3 is 5.97 Å². The third kappa shape index (κ3) is 1.93. The van der Waals surface area contributed by atoms with Crippen LogP contribution in [0, 0.1) is 11.6 Å². The number of carboxylic acid groups (broad SMARTS) is 1. The summed E-state index contributed by atoms with van der Waals surface area (Å²) >= 11 is 0. The summed E-state index contributed by atoms with van der Waals surface area (Å²) < 4.78 is 29.1. The molecule has 20 heavy (non-hydrogen) atoms. The van der Waals surface area contributed by atoms with Crippen LogP contribution in [-0.2, 0) is 6.54 Å². The van der Waals surface area contributed by atoms with Crippen LogP contribution in [0.5, 0.6) is 0 Å². The van der Waals surface area contributed by atoms with Crippen LogP contribution < -0.4 is 0 Å². The van der Waals surface area contributed by atoms with Gasteiger partial charge in [0.2, 0.25) is 0 Å². The molecule has 1 N–H and O–H groups in total. The zero-order valence-electron chi connectivity index (χ0n) is 10.1. The predicted molar refractivity (Wildman–Crippen MR) is 65.6 cm³/mol. The number of fused-ring (bicyclic) bond motifs is 1. The lowest BCUT2D eigenvalue weighted by molar-refractivity contribution is 0.0698. The summed E-state index contributed by atoms with van der Waals surface area (Å²) in [5, 5.41) is 13.0. The summed E-state index contributed by atoms with van der Waals surface area (Å²) in [7, 11) is 0. The maximum atomic E-state index is 13.2. The average molecular weight is 277 g/mol. The van der Waals surface area contributed by atoms with Crippen molar-refractivity contribution in [3.63, 3.8) is 0 Å². The van der Waals surface area contributed by atoms with Gasteiger partial charge in [-0.1, -0.05) is 6.07 Å². The second kappa shape index (κ2) is 4.44. The highest BCUT2D eigenvalue weighted by atomic mass is 19.2. The Balaban J connectivity index is 2.04. The van der Waals surface area contributed by atoms with Crippen LogP contribution in [0.1, 0.15) is 15.9 Å². The Kier molecular flexibility index (Phi) is 2.74. The van der Waals surface area contributed by atoms with Crippen molar-refractivity contribution in [2.24, 2.45) is 0 Å². The van der Waals surface area contributed by atoms with Crippen LogP contribution >= 0.6 is 0 Å². The Bertz CT molecular complexity index is 807. The van der Waals surface area contributed by atoms with Crippen molar-refractivity contribution in [1.29, 1.82) is 0 Å². The highest BCUT2D eigenvalue weighted by Crippen LogP contribution is 2.15. The van der Waals surface area contributed by atoms with Crippen molar-refractivity contribution in [2.45, 2.75) is 6.54 Å². The first kappa shape index (κ1) is 12.3. The number of rotatable bonds is 3. The number of carboxylic acids is 1. The number of hydrogen-bond acceptors (Lipinski definition) is 2. The molecule has 3 aromatic rings. The van der Waals surface area contributed by atoms with Crippen LogP contribution in [0.15, 0.2) is 36.8 Å². The molecule has 0 radical (unpaired) electrons. The maximum absolute atomic E-state index is 13.2. The molecule has 0 saturated carbocycles. The van der Waals surface area contributed by atoms with E-state index in [-0.39, 0.29) is 12.1 Å². The minimum atomic E-state index is -1.09. The molecule has 102 valence electrons. The Hall–Kier alpha value is -2.70. The molecule has 1 aromatic carbocycles. The molecule has 7 heteroatoms. The zero-order valence-corrected chi connectivity index (χ0v) is 10.1. The standard InChI is InChI=1S/C13H9F2N3O2/c14-10-2-1-8(5-11(10)15)7-17-3-4-18-12(17)9(6-16-18)13(19)20/h1-6H,7H2,(H,19,20). The number of imidazole rings is 1. The van der Waals surface area contributed by atoms with Gasteiger partial charge in [0.05, 0.1) is 6.20 Å². The van der Waals surface area contributed by atoms with E-state index in [1.807, 2.05) is 0 Å². The minimum absolute atomic E-state index is 0.0533. The molecular weight excluding hydrogens is 268 g/mol. The molecule has 0 bridgehead atoms. The lowest BCUT2D eigenvalue weighted by Gasteiger charge is -2.05.